The van der Waals surface area contributed by atoms with Crippen LogP contribution in [0.2, 0.25) is 0 Å². The summed E-state index contributed by atoms with van der Waals surface area (Å²) in [6.07, 6.45) is 1.49. The highest BCUT2D eigenvalue weighted by Gasteiger charge is 2.23. The summed E-state index contributed by atoms with van der Waals surface area (Å²) < 4.78 is 5.59. The van der Waals surface area contributed by atoms with Crippen molar-refractivity contribution in [2.75, 3.05) is 5.75 Å². The molecule has 0 saturated carbocycles. The number of aromatic nitrogens is 1. The third-order valence-electron chi connectivity index (χ3n) is 3.05. The summed E-state index contributed by atoms with van der Waals surface area (Å²) in [4.78, 5) is 4.37. The van der Waals surface area contributed by atoms with E-state index in [9.17, 15) is 5.11 Å². The van der Waals surface area contributed by atoms with Crippen LogP contribution in [0.25, 0.3) is 11.1 Å². The van der Waals surface area contributed by atoms with Crippen LogP contribution in [0.4, 0.5) is 0 Å². The molecule has 1 N–H and O–H groups in total. The van der Waals surface area contributed by atoms with E-state index in [2.05, 4.69) is 4.98 Å². The van der Waals surface area contributed by atoms with Crippen LogP contribution in [0.3, 0.4) is 0 Å². The predicted octanol–water partition coefficient (Wildman–Crippen LogP) is 3.47. The zero-order chi connectivity index (χ0) is 12.3. The van der Waals surface area contributed by atoms with Gasteiger partial charge in [-0.2, -0.15) is 0 Å². The molecule has 0 bridgehead atoms. The van der Waals surface area contributed by atoms with Crippen LogP contribution in [-0.2, 0) is 0 Å². The number of aliphatic hydroxyl groups is 1. The molecule has 0 fully saturated rings. The van der Waals surface area contributed by atoms with Crippen LogP contribution in [0.1, 0.15) is 26.7 Å². The van der Waals surface area contributed by atoms with Crippen LogP contribution in [0.15, 0.2) is 33.9 Å². The highest BCUT2D eigenvalue weighted by Crippen LogP contribution is 2.28. The molecule has 0 unspecified atom stereocenters. The topological polar surface area (TPSA) is 46.3 Å². The van der Waals surface area contributed by atoms with Gasteiger partial charge >= 0.3 is 0 Å². The zero-order valence-corrected chi connectivity index (χ0v) is 11.0. The molecule has 1 aromatic carbocycles. The lowest BCUT2D eigenvalue weighted by molar-refractivity contribution is 0.0570. The highest BCUT2D eigenvalue weighted by molar-refractivity contribution is 7.99. The van der Waals surface area contributed by atoms with Crippen molar-refractivity contribution in [1.29, 1.82) is 0 Å². The first kappa shape index (κ1) is 12.5. The van der Waals surface area contributed by atoms with Gasteiger partial charge in [0.25, 0.3) is 5.22 Å². The molecule has 2 rings (SSSR count). The second-order valence-corrected chi connectivity index (χ2v) is 5.09. The van der Waals surface area contributed by atoms with Gasteiger partial charge in [0.05, 0.1) is 5.60 Å². The Morgan fingerprint density at radius 1 is 1.29 bits per heavy atom. The van der Waals surface area contributed by atoms with Gasteiger partial charge in [-0.25, -0.2) is 4.98 Å². The minimum absolute atomic E-state index is 0.618. The Hall–Kier alpha value is -1.00. The third-order valence-corrected chi connectivity index (χ3v) is 4.16. The minimum Gasteiger partial charge on any atom is -0.431 e. The van der Waals surface area contributed by atoms with E-state index < -0.39 is 5.60 Å². The molecule has 0 aliphatic rings. The van der Waals surface area contributed by atoms with E-state index in [-0.39, 0.29) is 0 Å². The standard InChI is InChI=1S/C13H17NO2S/c1-3-13(15,4-2)9-17-12-14-10-7-5-6-8-11(10)16-12/h5-8,15H,3-4,9H2,1-2H3. The van der Waals surface area contributed by atoms with E-state index >= 15 is 0 Å². The second-order valence-electron chi connectivity index (χ2n) is 4.17. The molecule has 0 amide bonds. The molecule has 0 spiro atoms. The molecule has 1 heterocycles. The van der Waals surface area contributed by atoms with E-state index in [1.165, 1.54) is 11.8 Å². The molecule has 0 radical (unpaired) electrons. The summed E-state index contributed by atoms with van der Waals surface area (Å²) in [6, 6.07) is 7.69. The van der Waals surface area contributed by atoms with Crippen LogP contribution in [-0.4, -0.2) is 21.4 Å². The Morgan fingerprint density at radius 3 is 2.65 bits per heavy atom. The number of hydrogen-bond donors (Lipinski definition) is 1. The molecule has 1 aromatic heterocycles. The summed E-state index contributed by atoms with van der Waals surface area (Å²) in [5, 5.41) is 10.8. The first-order valence-electron chi connectivity index (χ1n) is 5.87. The van der Waals surface area contributed by atoms with E-state index in [1.54, 1.807) is 0 Å². The number of oxazole rings is 1. The normalized spacial score (nSPS) is 12.2. The van der Waals surface area contributed by atoms with Crippen molar-refractivity contribution < 1.29 is 9.52 Å². The maximum atomic E-state index is 10.2. The molecule has 17 heavy (non-hydrogen) atoms. The maximum absolute atomic E-state index is 10.2. The van der Waals surface area contributed by atoms with E-state index in [1.807, 2.05) is 38.1 Å². The van der Waals surface area contributed by atoms with Gasteiger partial charge in [-0.3, -0.25) is 0 Å². The largest absolute Gasteiger partial charge is 0.431 e. The highest BCUT2D eigenvalue weighted by atomic mass is 32.2. The van der Waals surface area contributed by atoms with Gasteiger partial charge in [0.2, 0.25) is 0 Å². The Morgan fingerprint density at radius 2 is 2.00 bits per heavy atom. The van der Waals surface area contributed by atoms with E-state index in [4.69, 9.17) is 4.42 Å². The number of rotatable bonds is 5. The van der Waals surface area contributed by atoms with Crippen LogP contribution < -0.4 is 0 Å². The number of thioether (sulfide) groups is 1. The number of fused-ring (bicyclic) bond motifs is 1. The average molecular weight is 251 g/mol. The van der Waals surface area contributed by atoms with Gasteiger partial charge in [-0.15, -0.1) is 0 Å². The fraction of sp³-hybridized carbons (Fsp3) is 0.462. The van der Waals surface area contributed by atoms with Crippen LogP contribution in [0.5, 0.6) is 0 Å². The van der Waals surface area contributed by atoms with Crippen molar-refractivity contribution in [1.82, 2.24) is 4.98 Å². The molecular formula is C13H17NO2S. The molecule has 0 saturated heterocycles. The van der Waals surface area contributed by atoms with Gasteiger partial charge in [-0.05, 0) is 25.0 Å². The van der Waals surface area contributed by atoms with Gasteiger partial charge in [0, 0.05) is 5.75 Å². The predicted molar refractivity (Wildman–Crippen MR) is 70.3 cm³/mol. The Kier molecular flexibility index (Phi) is 3.74. The Labute approximate surface area is 105 Å². The van der Waals surface area contributed by atoms with Gasteiger partial charge in [0.1, 0.15) is 5.52 Å². The molecule has 0 aliphatic heterocycles. The lowest BCUT2D eigenvalue weighted by Gasteiger charge is -2.23. The first-order valence-corrected chi connectivity index (χ1v) is 6.86. The van der Waals surface area contributed by atoms with Crippen LogP contribution >= 0.6 is 11.8 Å². The molecule has 3 nitrogen and oxygen atoms in total. The van der Waals surface area contributed by atoms with Crippen molar-refractivity contribution in [3.63, 3.8) is 0 Å². The summed E-state index contributed by atoms with van der Waals surface area (Å²) in [5.41, 5.74) is 1.05. The van der Waals surface area contributed by atoms with Gasteiger partial charge in [0.15, 0.2) is 5.58 Å². The average Bonchev–Trinajstić information content (AvgIpc) is 2.79. The lowest BCUT2D eigenvalue weighted by atomic mass is 10.0. The number of nitrogens with zero attached hydrogens (tertiary/aromatic N) is 1. The summed E-state index contributed by atoms with van der Waals surface area (Å²) in [6.45, 7) is 3.99. The first-order chi connectivity index (χ1) is 8.17. The molecule has 92 valence electrons. The third kappa shape index (κ3) is 2.82. The van der Waals surface area contributed by atoms with Gasteiger partial charge in [-0.1, -0.05) is 37.7 Å². The minimum atomic E-state index is -0.620. The Bertz CT molecular complexity index is 458. The second kappa shape index (κ2) is 5.10. The Balaban J connectivity index is 2.09. The summed E-state index contributed by atoms with van der Waals surface area (Å²) in [7, 11) is 0. The van der Waals surface area contributed by atoms with Crippen molar-refractivity contribution in [3.05, 3.63) is 24.3 Å². The monoisotopic (exact) mass is 251 g/mol. The zero-order valence-electron chi connectivity index (χ0n) is 10.1. The number of para-hydroxylation sites is 2. The van der Waals surface area contributed by atoms with E-state index in [0.717, 1.165) is 23.9 Å². The van der Waals surface area contributed by atoms with Crippen molar-refractivity contribution >= 4 is 22.9 Å². The summed E-state index contributed by atoms with van der Waals surface area (Å²) in [5.74, 6) is 0.618. The molecule has 0 atom stereocenters. The van der Waals surface area contributed by atoms with Crippen molar-refractivity contribution in [3.8, 4) is 0 Å². The molecular weight excluding hydrogens is 234 g/mol. The molecule has 4 heteroatoms. The lowest BCUT2D eigenvalue weighted by Crippen LogP contribution is -2.29. The number of benzene rings is 1. The van der Waals surface area contributed by atoms with E-state index in [0.29, 0.717) is 11.0 Å². The fourth-order valence-electron chi connectivity index (χ4n) is 1.56. The van der Waals surface area contributed by atoms with Gasteiger partial charge < -0.3 is 9.52 Å². The SMILES string of the molecule is CCC(O)(CC)CSc1nc2ccccc2o1. The maximum Gasteiger partial charge on any atom is 0.256 e. The van der Waals surface area contributed by atoms with Crippen molar-refractivity contribution in [2.45, 2.75) is 37.5 Å². The van der Waals surface area contributed by atoms with Crippen molar-refractivity contribution in [2.24, 2.45) is 0 Å². The fourth-order valence-corrected chi connectivity index (χ4v) is 2.68. The quantitative estimate of drug-likeness (QED) is 0.826. The summed E-state index contributed by atoms with van der Waals surface area (Å²) >= 11 is 1.47. The molecule has 0 aliphatic carbocycles. The smallest absolute Gasteiger partial charge is 0.256 e. The van der Waals surface area contributed by atoms with Crippen LogP contribution in [0, 0.1) is 0 Å². The number of hydrogen-bond acceptors (Lipinski definition) is 4. The molecule has 2 aromatic rings.